The zero-order valence-electron chi connectivity index (χ0n) is 7.09. The highest BCUT2D eigenvalue weighted by molar-refractivity contribution is 7.09. The molecule has 1 aromatic rings. The number of aromatic nitrogens is 3. The van der Waals surface area contributed by atoms with E-state index >= 15 is 0 Å². The molecule has 1 aromatic heterocycles. The topological polar surface area (TPSA) is 117 Å². The molecule has 0 unspecified atom stereocenters. The molecule has 0 saturated heterocycles. The third-order valence-corrected chi connectivity index (χ3v) is 1.75. The van der Waals surface area contributed by atoms with Crippen LogP contribution in [-0.2, 0) is 4.79 Å². The SMILES string of the molecule is C[C@@H](NC(=O)Nc1nnns1)C(=O)O. The second kappa shape index (κ2) is 4.46. The Kier molecular flexibility index (Phi) is 3.29. The van der Waals surface area contributed by atoms with E-state index in [2.05, 4.69) is 25.4 Å². The third-order valence-electron chi connectivity index (χ3n) is 1.24. The molecular weight excluding hydrogens is 210 g/mol. The zero-order chi connectivity index (χ0) is 10.6. The molecular formula is C5H7N5O3S. The summed E-state index contributed by atoms with van der Waals surface area (Å²) in [6.45, 7) is 1.35. The van der Waals surface area contributed by atoms with Crippen molar-refractivity contribution in [3.05, 3.63) is 0 Å². The Labute approximate surface area is 82.5 Å². The molecule has 0 bridgehead atoms. The van der Waals surface area contributed by atoms with Gasteiger partial charge in [-0.05, 0) is 12.1 Å². The van der Waals surface area contributed by atoms with Gasteiger partial charge >= 0.3 is 12.0 Å². The van der Waals surface area contributed by atoms with Crippen LogP contribution < -0.4 is 10.6 Å². The molecule has 0 radical (unpaired) electrons. The molecule has 0 aromatic carbocycles. The van der Waals surface area contributed by atoms with E-state index in [-0.39, 0.29) is 5.13 Å². The van der Waals surface area contributed by atoms with Crippen LogP contribution in [0.3, 0.4) is 0 Å². The van der Waals surface area contributed by atoms with Crippen molar-refractivity contribution in [2.75, 3.05) is 5.32 Å². The lowest BCUT2D eigenvalue weighted by atomic mass is 10.3. The second-order valence-electron chi connectivity index (χ2n) is 2.33. The minimum absolute atomic E-state index is 0.208. The summed E-state index contributed by atoms with van der Waals surface area (Å²) in [5.41, 5.74) is 0. The number of carbonyl (C=O) groups excluding carboxylic acids is 1. The molecule has 0 aliphatic carbocycles. The van der Waals surface area contributed by atoms with Gasteiger partial charge in [-0.3, -0.25) is 10.1 Å². The van der Waals surface area contributed by atoms with Gasteiger partial charge in [0.05, 0.1) is 0 Å². The van der Waals surface area contributed by atoms with Gasteiger partial charge in [0.2, 0.25) is 5.13 Å². The first-order valence-corrected chi connectivity index (χ1v) is 4.32. The first-order chi connectivity index (χ1) is 6.59. The van der Waals surface area contributed by atoms with Crippen LogP contribution in [0.4, 0.5) is 9.93 Å². The summed E-state index contributed by atoms with van der Waals surface area (Å²) in [6, 6.07) is -1.62. The number of anilines is 1. The Morgan fingerprint density at radius 1 is 1.57 bits per heavy atom. The standard InChI is InChI=1S/C5H7N5O3S/c1-2(3(11)12)6-4(13)7-5-8-9-10-14-5/h2H,1H3,(H,11,12)(H2,6,7,8,10,13)/t2-/m1/s1. The predicted octanol–water partition coefficient (Wildman–Crippen LogP) is -0.472. The fourth-order valence-corrected chi connectivity index (χ4v) is 0.935. The predicted molar refractivity (Wildman–Crippen MR) is 47.0 cm³/mol. The van der Waals surface area contributed by atoms with Gasteiger partial charge in [0.15, 0.2) is 0 Å². The molecule has 1 heterocycles. The van der Waals surface area contributed by atoms with Gasteiger partial charge in [0.1, 0.15) is 6.04 Å². The lowest BCUT2D eigenvalue weighted by Crippen LogP contribution is -2.40. The van der Waals surface area contributed by atoms with Crippen LogP contribution >= 0.6 is 11.5 Å². The summed E-state index contributed by atoms with van der Waals surface area (Å²) in [6.07, 6.45) is 0. The highest BCUT2D eigenvalue weighted by atomic mass is 32.1. The van der Waals surface area contributed by atoms with Gasteiger partial charge in [0.25, 0.3) is 0 Å². The van der Waals surface area contributed by atoms with Crippen molar-refractivity contribution in [3.63, 3.8) is 0 Å². The van der Waals surface area contributed by atoms with Gasteiger partial charge in [0, 0.05) is 11.5 Å². The number of hydrogen-bond donors (Lipinski definition) is 3. The van der Waals surface area contributed by atoms with Crippen LogP contribution in [0.1, 0.15) is 6.92 Å². The van der Waals surface area contributed by atoms with Crippen molar-refractivity contribution in [3.8, 4) is 0 Å². The Hall–Kier alpha value is -1.77. The molecule has 8 nitrogen and oxygen atoms in total. The summed E-state index contributed by atoms with van der Waals surface area (Å²) in [5, 5.41) is 19.8. The molecule has 0 spiro atoms. The van der Waals surface area contributed by atoms with E-state index in [1.165, 1.54) is 6.92 Å². The van der Waals surface area contributed by atoms with Gasteiger partial charge < -0.3 is 10.4 Å². The Bertz CT molecular complexity index is 326. The average molecular weight is 217 g/mol. The maximum atomic E-state index is 11.1. The monoisotopic (exact) mass is 217 g/mol. The van der Waals surface area contributed by atoms with Gasteiger partial charge in [-0.2, -0.15) is 0 Å². The quantitative estimate of drug-likeness (QED) is 0.630. The second-order valence-corrected chi connectivity index (χ2v) is 3.06. The molecule has 3 N–H and O–H groups in total. The minimum atomic E-state index is -1.12. The van der Waals surface area contributed by atoms with Crippen LogP contribution in [0.15, 0.2) is 0 Å². The fourth-order valence-electron chi connectivity index (χ4n) is 0.573. The number of amides is 2. The Morgan fingerprint density at radius 3 is 2.79 bits per heavy atom. The summed E-state index contributed by atoms with van der Waals surface area (Å²) >= 11 is 0.895. The van der Waals surface area contributed by atoms with Gasteiger partial charge in [-0.15, -0.1) is 0 Å². The van der Waals surface area contributed by atoms with E-state index in [1.54, 1.807) is 0 Å². The largest absolute Gasteiger partial charge is 0.480 e. The van der Waals surface area contributed by atoms with Crippen LogP contribution in [0.5, 0.6) is 0 Å². The van der Waals surface area contributed by atoms with Crippen molar-refractivity contribution in [2.24, 2.45) is 0 Å². The van der Waals surface area contributed by atoms with E-state index in [1.807, 2.05) is 0 Å². The number of nitrogens with one attached hydrogen (secondary N) is 2. The van der Waals surface area contributed by atoms with E-state index in [0.717, 1.165) is 11.5 Å². The van der Waals surface area contributed by atoms with Crippen LogP contribution in [0.25, 0.3) is 0 Å². The maximum absolute atomic E-state index is 11.1. The first-order valence-electron chi connectivity index (χ1n) is 3.55. The van der Waals surface area contributed by atoms with Crippen molar-refractivity contribution in [2.45, 2.75) is 13.0 Å². The smallest absolute Gasteiger partial charge is 0.325 e. The molecule has 0 aliphatic heterocycles. The minimum Gasteiger partial charge on any atom is -0.480 e. The summed E-state index contributed by atoms with van der Waals surface area (Å²) < 4.78 is 3.41. The molecule has 0 saturated carbocycles. The maximum Gasteiger partial charge on any atom is 0.325 e. The molecule has 1 rings (SSSR count). The number of carbonyl (C=O) groups is 2. The van der Waals surface area contributed by atoms with Crippen LogP contribution in [-0.4, -0.2) is 37.9 Å². The zero-order valence-corrected chi connectivity index (χ0v) is 7.91. The summed E-state index contributed by atoms with van der Waals surface area (Å²) in [4.78, 5) is 21.4. The van der Waals surface area contributed by atoms with Crippen molar-refractivity contribution in [1.82, 2.24) is 20.1 Å². The highest BCUT2D eigenvalue weighted by Gasteiger charge is 2.14. The van der Waals surface area contributed by atoms with Gasteiger partial charge in [-0.25, -0.2) is 4.79 Å². The first kappa shape index (κ1) is 10.3. The number of nitrogens with zero attached hydrogens (tertiary/aromatic N) is 3. The lowest BCUT2D eigenvalue weighted by Gasteiger charge is -2.07. The number of aliphatic carboxylic acids is 1. The lowest BCUT2D eigenvalue weighted by molar-refractivity contribution is -0.138. The molecule has 0 fully saturated rings. The Morgan fingerprint density at radius 2 is 2.29 bits per heavy atom. The number of rotatable bonds is 3. The molecule has 0 aliphatic rings. The third kappa shape index (κ3) is 2.94. The number of carboxylic acid groups (broad SMARTS) is 1. The molecule has 2 amide bonds. The normalized spacial score (nSPS) is 11.8. The fraction of sp³-hybridized carbons (Fsp3) is 0.400. The molecule has 14 heavy (non-hydrogen) atoms. The highest BCUT2D eigenvalue weighted by Crippen LogP contribution is 2.03. The van der Waals surface area contributed by atoms with E-state index in [9.17, 15) is 9.59 Å². The van der Waals surface area contributed by atoms with Crippen molar-refractivity contribution < 1.29 is 14.7 Å². The van der Waals surface area contributed by atoms with Crippen LogP contribution in [0.2, 0.25) is 0 Å². The summed E-state index contributed by atoms with van der Waals surface area (Å²) in [7, 11) is 0. The summed E-state index contributed by atoms with van der Waals surface area (Å²) in [5.74, 6) is -1.12. The molecule has 9 heteroatoms. The number of hydrogen-bond acceptors (Lipinski definition) is 6. The van der Waals surface area contributed by atoms with Crippen LogP contribution in [0, 0.1) is 0 Å². The van der Waals surface area contributed by atoms with Crippen molar-refractivity contribution in [1.29, 1.82) is 0 Å². The number of urea groups is 1. The van der Waals surface area contributed by atoms with E-state index in [0.29, 0.717) is 0 Å². The van der Waals surface area contributed by atoms with E-state index < -0.39 is 18.0 Å². The van der Waals surface area contributed by atoms with Crippen molar-refractivity contribution >= 4 is 28.7 Å². The van der Waals surface area contributed by atoms with Gasteiger partial charge in [-0.1, -0.05) is 9.59 Å². The average Bonchev–Trinajstić information content (AvgIpc) is 2.56. The number of carboxylic acids is 1. The molecule has 76 valence electrons. The Balaban J connectivity index is 2.40. The van der Waals surface area contributed by atoms with E-state index in [4.69, 9.17) is 5.11 Å². The molecule has 1 atom stereocenters.